The van der Waals surface area contributed by atoms with Crippen LogP contribution in [0.3, 0.4) is 0 Å². The summed E-state index contributed by atoms with van der Waals surface area (Å²) in [4.78, 5) is 17.6. The smallest absolute Gasteiger partial charge is 0.404 e. The normalized spacial score (nSPS) is 16.6. The van der Waals surface area contributed by atoms with Gasteiger partial charge in [0.1, 0.15) is 6.10 Å². The first-order valence-corrected chi connectivity index (χ1v) is 8.94. The van der Waals surface area contributed by atoms with E-state index in [4.69, 9.17) is 16.2 Å². The molecule has 1 amide bonds. The number of hydrogen-bond acceptors (Lipinski definition) is 6. The minimum atomic E-state index is -0.730. The number of halogens is 1. The van der Waals surface area contributed by atoms with Crippen molar-refractivity contribution in [2.75, 3.05) is 23.7 Å². The number of piperidine rings is 1. The highest BCUT2D eigenvalue weighted by Crippen LogP contribution is 2.27. The van der Waals surface area contributed by atoms with Crippen LogP contribution < -0.4 is 16.4 Å². The van der Waals surface area contributed by atoms with E-state index in [1.165, 1.54) is 0 Å². The zero-order chi connectivity index (χ0) is 17.8. The largest absolute Gasteiger partial charge is 0.446 e. The van der Waals surface area contributed by atoms with Crippen molar-refractivity contribution in [2.45, 2.75) is 25.4 Å². The first kappa shape index (κ1) is 17.5. The molecule has 1 aromatic heterocycles. The predicted octanol–water partition coefficient (Wildman–Crippen LogP) is 2.07. The molecule has 25 heavy (non-hydrogen) atoms. The minimum absolute atomic E-state index is 0.238. The standard InChI is InChI=1S/C16H21BrN6O2/c17-12-3-1-10(2-4-12)9-13(25-15(19)24)11-5-7-23(8-6-11)16-20-14(18)21-22-16/h1-4,11,13H,5-9H2,(H2,19,24)(H3,18,20,21,22). The van der Waals surface area contributed by atoms with Gasteiger partial charge in [0.15, 0.2) is 0 Å². The summed E-state index contributed by atoms with van der Waals surface area (Å²) >= 11 is 3.42. The summed E-state index contributed by atoms with van der Waals surface area (Å²) in [6.07, 6.45) is 1.41. The van der Waals surface area contributed by atoms with Crippen LogP contribution >= 0.6 is 15.9 Å². The third kappa shape index (κ3) is 4.62. The molecule has 1 aliphatic heterocycles. The number of aromatic nitrogens is 3. The van der Waals surface area contributed by atoms with Crippen molar-refractivity contribution in [1.82, 2.24) is 15.2 Å². The number of nitrogens with zero attached hydrogens (tertiary/aromatic N) is 3. The maximum absolute atomic E-state index is 11.3. The number of carbonyl (C=O) groups excluding carboxylic acids is 1. The molecule has 0 radical (unpaired) electrons. The average Bonchev–Trinajstić information content (AvgIpc) is 3.02. The monoisotopic (exact) mass is 408 g/mol. The molecule has 0 bridgehead atoms. The number of nitrogens with two attached hydrogens (primary N) is 2. The molecule has 9 heteroatoms. The lowest BCUT2D eigenvalue weighted by molar-refractivity contribution is 0.0592. The van der Waals surface area contributed by atoms with E-state index in [2.05, 4.69) is 36.0 Å². The van der Waals surface area contributed by atoms with Crippen molar-refractivity contribution in [3.8, 4) is 0 Å². The second-order valence-corrected chi connectivity index (χ2v) is 7.07. The van der Waals surface area contributed by atoms with Crippen LogP contribution in [0.5, 0.6) is 0 Å². The van der Waals surface area contributed by atoms with Gasteiger partial charge in [0.2, 0.25) is 11.9 Å². The number of nitrogen functional groups attached to an aromatic ring is 1. The van der Waals surface area contributed by atoms with E-state index in [-0.39, 0.29) is 12.0 Å². The number of nitrogens with one attached hydrogen (secondary N) is 1. The van der Waals surface area contributed by atoms with Gasteiger partial charge in [-0.1, -0.05) is 28.1 Å². The van der Waals surface area contributed by atoms with Gasteiger partial charge in [0.05, 0.1) is 0 Å². The lowest BCUT2D eigenvalue weighted by Crippen LogP contribution is -2.41. The fourth-order valence-corrected chi connectivity index (χ4v) is 3.45. The topological polar surface area (TPSA) is 123 Å². The molecular weight excluding hydrogens is 388 g/mol. The highest BCUT2D eigenvalue weighted by molar-refractivity contribution is 9.10. The van der Waals surface area contributed by atoms with Gasteiger partial charge in [-0.3, -0.25) is 0 Å². The molecule has 1 aromatic carbocycles. The number of hydrogen-bond donors (Lipinski definition) is 3. The molecular formula is C16H21BrN6O2. The van der Waals surface area contributed by atoms with Gasteiger partial charge in [-0.2, -0.15) is 4.98 Å². The van der Waals surface area contributed by atoms with Crippen molar-refractivity contribution in [3.63, 3.8) is 0 Å². The Balaban J connectivity index is 1.63. The second-order valence-electron chi connectivity index (χ2n) is 6.15. The quantitative estimate of drug-likeness (QED) is 0.695. The van der Waals surface area contributed by atoms with Gasteiger partial charge in [0.25, 0.3) is 0 Å². The molecule has 2 heterocycles. The van der Waals surface area contributed by atoms with Crippen molar-refractivity contribution in [3.05, 3.63) is 34.3 Å². The average molecular weight is 409 g/mol. The Hall–Kier alpha value is -2.29. The van der Waals surface area contributed by atoms with Gasteiger partial charge < -0.3 is 21.1 Å². The molecule has 8 nitrogen and oxygen atoms in total. The van der Waals surface area contributed by atoms with Crippen LogP contribution in [-0.2, 0) is 11.2 Å². The molecule has 1 atom stereocenters. The zero-order valence-electron chi connectivity index (χ0n) is 13.7. The highest BCUT2D eigenvalue weighted by Gasteiger charge is 2.30. The van der Waals surface area contributed by atoms with Crippen LogP contribution in [0, 0.1) is 5.92 Å². The number of amides is 1. The summed E-state index contributed by atoms with van der Waals surface area (Å²) in [6.45, 7) is 1.56. The van der Waals surface area contributed by atoms with Crippen molar-refractivity contribution < 1.29 is 9.53 Å². The van der Waals surface area contributed by atoms with Crippen LogP contribution in [-0.4, -0.2) is 40.5 Å². The first-order valence-electron chi connectivity index (χ1n) is 8.14. The number of carbonyl (C=O) groups is 1. The minimum Gasteiger partial charge on any atom is -0.446 e. The number of aromatic amines is 1. The molecule has 0 saturated carbocycles. The summed E-state index contributed by atoms with van der Waals surface area (Å²) in [5, 5.41) is 6.74. The van der Waals surface area contributed by atoms with E-state index < -0.39 is 6.09 Å². The maximum atomic E-state index is 11.3. The predicted molar refractivity (Wildman–Crippen MR) is 98.0 cm³/mol. The maximum Gasteiger partial charge on any atom is 0.404 e. The number of anilines is 2. The first-order chi connectivity index (χ1) is 12.0. The van der Waals surface area contributed by atoms with E-state index in [1.54, 1.807) is 0 Å². The summed E-state index contributed by atoms with van der Waals surface area (Å²) < 4.78 is 6.44. The zero-order valence-corrected chi connectivity index (χ0v) is 15.3. The Morgan fingerprint density at radius 2 is 2.04 bits per heavy atom. The van der Waals surface area contributed by atoms with Gasteiger partial charge in [0, 0.05) is 24.0 Å². The summed E-state index contributed by atoms with van der Waals surface area (Å²) in [7, 11) is 0. The number of benzene rings is 1. The number of primary amides is 1. The van der Waals surface area contributed by atoms with E-state index in [1.807, 2.05) is 24.3 Å². The summed E-state index contributed by atoms with van der Waals surface area (Å²) in [5.74, 6) is 1.15. The molecule has 2 aromatic rings. The Bertz CT molecular complexity index is 712. The Labute approximate surface area is 154 Å². The second kappa shape index (κ2) is 7.73. The molecule has 0 spiro atoms. The van der Waals surface area contributed by atoms with Gasteiger partial charge in [-0.15, -0.1) is 5.10 Å². The third-order valence-electron chi connectivity index (χ3n) is 4.46. The molecule has 134 valence electrons. The van der Waals surface area contributed by atoms with Crippen LogP contribution in [0.25, 0.3) is 0 Å². The molecule has 5 N–H and O–H groups in total. The van der Waals surface area contributed by atoms with Crippen molar-refractivity contribution in [1.29, 1.82) is 0 Å². The SMILES string of the molecule is NC(=O)OC(Cc1ccc(Br)cc1)C1CCN(c2n[nH]c(N)n2)CC1. The fraction of sp³-hybridized carbons (Fsp3) is 0.438. The number of ether oxygens (including phenoxy) is 1. The molecule has 1 fully saturated rings. The summed E-state index contributed by atoms with van der Waals surface area (Å²) in [6, 6.07) is 8.00. The molecule has 0 aliphatic carbocycles. The molecule has 1 aliphatic rings. The highest BCUT2D eigenvalue weighted by atomic mass is 79.9. The Morgan fingerprint density at radius 1 is 1.36 bits per heavy atom. The number of rotatable bonds is 5. The summed E-state index contributed by atoms with van der Waals surface area (Å²) in [5.41, 5.74) is 12.0. The molecule has 1 unspecified atom stereocenters. The van der Waals surface area contributed by atoms with Crippen molar-refractivity contribution in [2.24, 2.45) is 11.7 Å². The van der Waals surface area contributed by atoms with Crippen LogP contribution in [0.15, 0.2) is 28.7 Å². The molecule has 3 rings (SSSR count). The Kier molecular flexibility index (Phi) is 5.42. The van der Waals surface area contributed by atoms with Crippen LogP contribution in [0.1, 0.15) is 18.4 Å². The van der Waals surface area contributed by atoms with E-state index >= 15 is 0 Å². The lowest BCUT2D eigenvalue weighted by atomic mass is 9.88. The third-order valence-corrected chi connectivity index (χ3v) is 4.99. The molecule has 1 saturated heterocycles. The van der Waals surface area contributed by atoms with Crippen LogP contribution in [0.2, 0.25) is 0 Å². The van der Waals surface area contributed by atoms with E-state index in [9.17, 15) is 4.79 Å². The van der Waals surface area contributed by atoms with Gasteiger partial charge >= 0.3 is 6.09 Å². The van der Waals surface area contributed by atoms with Crippen LogP contribution in [0.4, 0.5) is 16.7 Å². The van der Waals surface area contributed by atoms with Gasteiger partial charge in [-0.05, 0) is 36.5 Å². The fourth-order valence-electron chi connectivity index (χ4n) is 3.18. The van der Waals surface area contributed by atoms with Gasteiger partial charge in [-0.25, -0.2) is 9.89 Å². The Morgan fingerprint density at radius 3 is 2.60 bits per heavy atom. The number of H-pyrrole nitrogens is 1. The van der Waals surface area contributed by atoms with E-state index in [0.29, 0.717) is 18.3 Å². The van der Waals surface area contributed by atoms with E-state index in [0.717, 1.165) is 36.0 Å². The lowest BCUT2D eigenvalue weighted by Gasteiger charge is -2.35. The van der Waals surface area contributed by atoms with Crippen molar-refractivity contribution >= 4 is 33.9 Å².